The van der Waals surface area contributed by atoms with Crippen LogP contribution < -0.4 is 0 Å². The Morgan fingerprint density at radius 1 is 1.00 bits per heavy atom. The molecule has 2 rings (SSSR count). The van der Waals surface area contributed by atoms with Crippen LogP contribution in [0, 0.1) is 0 Å². The summed E-state index contributed by atoms with van der Waals surface area (Å²) in [5.74, 6) is 0. The molecule has 0 aliphatic heterocycles. The fourth-order valence-corrected chi connectivity index (χ4v) is 1.71. The summed E-state index contributed by atoms with van der Waals surface area (Å²) >= 11 is 11.8. The molecule has 0 radical (unpaired) electrons. The van der Waals surface area contributed by atoms with Gasteiger partial charge in [0, 0.05) is 12.4 Å². The fourth-order valence-electron chi connectivity index (χ4n) is 1.39. The van der Waals surface area contributed by atoms with E-state index in [9.17, 15) is 0 Å². The molecule has 0 bridgehead atoms. The number of pyridine rings is 1. The van der Waals surface area contributed by atoms with E-state index in [1.165, 1.54) is 0 Å². The second-order valence-corrected chi connectivity index (χ2v) is 4.10. The van der Waals surface area contributed by atoms with E-state index in [1.54, 1.807) is 6.20 Å². The fraction of sp³-hybridized carbons (Fsp3) is 0.0833. The Kier molecular flexibility index (Phi) is 3.24. The van der Waals surface area contributed by atoms with Crippen LogP contribution in [0.4, 0.5) is 0 Å². The maximum atomic E-state index is 5.93. The first-order chi connectivity index (χ1) is 7.25. The van der Waals surface area contributed by atoms with Crippen molar-refractivity contribution in [1.29, 1.82) is 0 Å². The first kappa shape index (κ1) is 10.5. The predicted molar refractivity (Wildman–Crippen MR) is 63.5 cm³/mol. The number of rotatable bonds is 2. The highest BCUT2D eigenvalue weighted by atomic mass is 35.5. The standard InChI is InChI=1S/C12H9Cl2N/c13-11-4-3-9(7-12(11)14)6-10-2-1-5-15-8-10/h1-5,7-8H,6H2. The van der Waals surface area contributed by atoms with Gasteiger partial charge in [-0.05, 0) is 35.7 Å². The van der Waals surface area contributed by atoms with Gasteiger partial charge in [-0.2, -0.15) is 0 Å². The van der Waals surface area contributed by atoms with Crippen molar-refractivity contribution in [3.8, 4) is 0 Å². The lowest BCUT2D eigenvalue weighted by Gasteiger charge is -2.02. The molecule has 0 fully saturated rings. The van der Waals surface area contributed by atoms with Crippen LogP contribution in [-0.4, -0.2) is 4.98 Å². The monoisotopic (exact) mass is 237 g/mol. The zero-order chi connectivity index (χ0) is 10.7. The van der Waals surface area contributed by atoms with E-state index in [0.717, 1.165) is 17.5 Å². The molecule has 0 saturated heterocycles. The van der Waals surface area contributed by atoms with Gasteiger partial charge in [-0.25, -0.2) is 0 Å². The summed E-state index contributed by atoms with van der Waals surface area (Å²) in [7, 11) is 0. The van der Waals surface area contributed by atoms with Crippen LogP contribution in [0.1, 0.15) is 11.1 Å². The van der Waals surface area contributed by atoms with E-state index in [0.29, 0.717) is 10.0 Å². The zero-order valence-electron chi connectivity index (χ0n) is 7.95. The van der Waals surface area contributed by atoms with Crippen LogP contribution >= 0.6 is 23.2 Å². The van der Waals surface area contributed by atoms with Crippen LogP contribution in [0.15, 0.2) is 42.7 Å². The van der Waals surface area contributed by atoms with Crippen molar-refractivity contribution in [3.05, 3.63) is 63.9 Å². The van der Waals surface area contributed by atoms with Gasteiger partial charge in [0.1, 0.15) is 0 Å². The van der Waals surface area contributed by atoms with Crippen LogP contribution in [0.25, 0.3) is 0 Å². The lowest BCUT2D eigenvalue weighted by molar-refractivity contribution is 1.15. The molecule has 3 heteroatoms. The minimum Gasteiger partial charge on any atom is -0.264 e. The molecule has 1 heterocycles. The van der Waals surface area contributed by atoms with E-state index in [2.05, 4.69) is 4.98 Å². The summed E-state index contributed by atoms with van der Waals surface area (Å²) in [4.78, 5) is 4.06. The largest absolute Gasteiger partial charge is 0.264 e. The average molecular weight is 238 g/mol. The van der Waals surface area contributed by atoms with Gasteiger partial charge < -0.3 is 0 Å². The molecule has 2 aromatic rings. The SMILES string of the molecule is Clc1ccc(Cc2cccnc2)cc1Cl. The third-order valence-corrected chi connectivity index (χ3v) is 2.85. The number of hydrogen-bond donors (Lipinski definition) is 0. The number of halogens is 2. The highest BCUT2D eigenvalue weighted by molar-refractivity contribution is 6.42. The molecule has 1 aromatic carbocycles. The minimum atomic E-state index is 0.589. The lowest BCUT2D eigenvalue weighted by Crippen LogP contribution is -1.88. The van der Waals surface area contributed by atoms with Crippen molar-refractivity contribution < 1.29 is 0 Å². The number of nitrogens with zero attached hydrogens (tertiary/aromatic N) is 1. The van der Waals surface area contributed by atoms with Crippen molar-refractivity contribution in [2.45, 2.75) is 6.42 Å². The lowest BCUT2D eigenvalue weighted by atomic mass is 10.1. The van der Waals surface area contributed by atoms with Gasteiger partial charge in [-0.3, -0.25) is 4.98 Å². The molecule has 0 aliphatic carbocycles. The summed E-state index contributed by atoms with van der Waals surface area (Å²) < 4.78 is 0. The summed E-state index contributed by atoms with van der Waals surface area (Å²) in [6.45, 7) is 0. The summed E-state index contributed by atoms with van der Waals surface area (Å²) in [5.41, 5.74) is 2.30. The number of benzene rings is 1. The summed E-state index contributed by atoms with van der Waals surface area (Å²) in [6.07, 6.45) is 4.44. The van der Waals surface area contributed by atoms with Crippen LogP contribution in [-0.2, 0) is 6.42 Å². The Balaban J connectivity index is 2.22. The van der Waals surface area contributed by atoms with Gasteiger partial charge in [0.2, 0.25) is 0 Å². The van der Waals surface area contributed by atoms with E-state index in [4.69, 9.17) is 23.2 Å². The number of hydrogen-bond acceptors (Lipinski definition) is 1. The van der Waals surface area contributed by atoms with Crippen molar-refractivity contribution in [2.75, 3.05) is 0 Å². The quantitative estimate of drug-likeness (QED) is 0.771. The molecule has 0 saturated carbocycles. The first-order valence-electron chi connectivity index (χ1n) is 4.58. The summed E-state index contributed by atoms with van der Waals surface area (Å²) in [5, 5.41) is 1.18. The van der Waals surface area contributed by atoms with E-state index in [-0.39, 0.29) is 0 Å². The molecule has 0 spiro atoms. The van der Waals surface area contributed by atoms with Gasteiger partial charge >= 0.3 is 0 Å². The average Bonchev–Trinajstić information content (AvgIpc) is 2.25. The third kappa shape index (κ3) is 2.71. The second-order valence-electron chi connectivity index (χ2n) is 3.29. The Morgan fingerprint density at radius 3 is 2.53 bits per heavy atom. The molecule has 0 atom stereocenters. The van der Waals surface area contributed by atoms with Gasteiger partial charge in [-0.1, -0.05) is 35.3 Å². The topological polar surface area (TPSA) is 12.9 Å². The molecular formula is C12H9Cl2N. The van der Waals surface area contributed by atoms with Crippen LogP contribution in [0.3, 0.4) is 0 Å². The van der Waals surface area contributed by atoms with Crippen LogP contribution in [0.5, 0.6) is 0 Å². The molecule has 0 amide bonds. The predicted octanol–water partition coefficient (Wildman–Crippen LogP) is 3.98. The van der Waals surface area contributed by atoms with Gasteiger partial charge in [0.05, 0.1) is 10.0 Å². The van der Waals surface area contributed by atoms with Crippen molar-refractivity contribution in [2.24, 2.45) is 0 Å². The maximum Gasteiger partial charge on any atom is 0.0595 e. The number of aromatic nitrogens is 1. The van der Waals surface area contributed by atoms with E-state index >= 15 is 0 Å². The Morgan fingerprint density at radius 2 is 1.87 bits per heavy atom. The van der Waals surface area contributed by atoms with E-state index < -0.39 is 0 Å². The van der Waals surface area contributed by atoms with Gasteiger partial charge in [-0.15, -0.1) is 0 Å². The maximum absolute atomic E-state index is 5.93. The van der Waals surface area contributed by atoms with Gasteiger partial charge in [0.25, 0.3) is 0 Å². The highest BCUT2D eigenvalue weighted by Crippen LogP contribution is 2.23. The Hall–Kier alpha value is -1.05. The zero-order valence-corrected chi connectivity index (χ0v) is 9.46. The van der Waals surface area contributed by atoms with Crippen molar-refractivity contribution >= 4 is 23.2 Å². The molecule has 0 unspecified atom stereocenters. The molecule has 76 valence electrons. The second kappa shape index (κ2) is 4.65. The Bertz CT molecular complexity index is 454. The molecule has 1 aromatic heterocycles. The van der Waals surface area contributed by atoms with Crippen molar-refractivity contribution in [3.63, 3.8) is 0 Å². The normalized spacial score (nSPS) is 10.3. The molecule has 0 aliphatic rings. The van der Waals surface area contributed by atoms with Gasteiger partial charge in [0.15, 0.2) is 0 Å². The summed E-state index contributed by atoms with van der Waals surface area (Å²) in [6, 6.07) is 9.63. The minimum absolute atomic E-state index is 0.589. The first-order valence-corrected chi connectivity index (χ1v) is 5.34. The Labute approximate surface area is 98.7 Å². The van der Waals surface area contributed by atoms with E-state index in [1.807, 2.05) is 36.5 Å². The molecule has 0 N–H and O–H groups in total. The third-order valence-electron chi connectivity index (χ3n) is 2.12. The molecule has 15 heavy (non-hydrogen) atoms. The molecular weight excluding hydrogens is 229 g/mol. The van der Waals surface area contributed by atoms with Crippen molar-refractivity contribution in [1.82, 2.24) is 4.98 Å². The van der Waals surface area contributed by atoms with Crippen LogP contribution in [0.2, 0.25) is 10.0 Å². The molecule has 1 nitrogen and oxygen atoms in total. The highest BCUT2D eigenvalue weighted by Gasteiger charge is 2.00. The smallest absolute Gasteiger partial charge is 0.0595 e.